The van der Waals surface area contributed by atoms with Gasteiger partial charge in [-0.3, -0.25) is 9.88 Å². The Hall–Kier alpha value is -1.09. The third kappa shape index (κ3) is 10.5. The molecule has 0 saturated carbocycles. The SMILES string of the molecule is c1ccc(CN2CCOCCOCCOCCOCCOCC2)nc1. The van der Waals surface area contributed by atoms with E-state index in [-0.39, 0.29) is 0 Å². The van der Waals surface area contributed by atoms with Gasteiger partial charge in [-0.15, -0.1) is 0 Å². The van der Waals surface area contributed by atoms with Gasteiger partial charge in [0.25, 0.3) is 0 Å². The van der Waals surface area contributed by atoms with Crippen LogP contribution in [0.2, 0.25) is 0 Å². The third-order valence-electron chi connectivity index (χ3n) is 3.70. The van der Waals surface area contributed by atoms with Crippen molar-refractivity contribution in [2.45, 2.75) is 6.54 Å². The Labute approximate surface area is 150 Å². The Morgan fingerprint density at radius 2 is 1.16 bits per heavy atom. The predicted octanol–water partition coefficient (Wildman–Crippen LogP) is 0.980. The van der Waals surface area contributed by atoms with Gasteiger partial charge >= 0.3 is 0 Å². The summed E-state index contributed by atoms with van der Waals surface area (Å²) in [7, 11) is 0. The second-order valence-corrected chi connectivity index (χ2v) is 5.66. The molecule has 0 aromatic carbocycles. The van der Waals surface area contributed by atoms with E-state index < -0.39 is 0 Å². The van der Waals surface area contributed by atoms with Gasteiger partial charge in [0.2, 0.25) is 0 Å². The van der Waals surface area contributed by atoms with Crippen molar-refractivity contribution in [3.8, 4) is 0 Å². The number of ether oxygens (including phenoxy) is 5. The highest BCUT2D eigenvalue weighted by Crippen LogP contribution is 2.01. The van der Waals surface area contributed by atoms with Crippen molar-refractivity contribution in [2.75, 3.05) is 79.2 Å². The highest BCUT2D eigenvalue weighted by molar-refractivity contribution is 5.03. The summed E-state index contributed by atoms with van der Waals surface area (Å²) in [6, 6.07) is 5.98. The van der Waals surface area contributed by atoms with Crippen LogP contribution in [0.3, 0.4) is 0 Å². The first-order chi connectivity index (χ1) is 12.4. The zero-order chi connectivity index (χ0) is 17.4. The number of pyridine rings is 1. The highest BCUT2D eigenvalue weighted by Gasteiger charge is 2.07. The van der Waals surface area contributed by atoms with Crippen LogP contribution in [0.4, 0.5) is 0 Å². The molecular formula is C18H30N2O5. The minimum absolute atomic E-state index is 0.581. The predicted molar refractivity (Wildman–Crippen MR) is 93.6 cm³/mol. The Bertz CT molecular complexity index is 403. The van der Waals surface area contributed by atoms with Crippen LogP contribution in [0.15, 0.2) is 24.4 Å². The Morgan fingerprint density at radius 1 is 0.680 bits per heavy atom. The molecule has 1 aromatic heterocycles. The fourth-order valence-electron chi connectivity index (χ4n) is 2.36. The molecule has 0 aliphatic carbocycles. The number of hydrogen-bond acceptors (Lipinski definition) is 7. The van der Waals surface area contributed by atoms with Crippen molar-refractivity contribution < 1.29 is 23.7 Å². The second kappa shape index (κ2) is 14.1. The Morgan fingerprint density at radius 3 is 1.60 bits per heavy atom. The fourth-order valence-corrected chi connectivity index (χ4v) is 2.36. The molecule has 0 spiro atoms. The quantitative estimate of drug-likeness (QED) is 0.784. The lowest BCUT2D eigenvalue weighted by atomic mass is 10.3. The van der Waals surface area contributed by atoms with Crippen molar-refractivity contribution in [3.63, 3.8) is 0 Å². The number of nitrogens with zero attached hydrogens (tertiary/aromatic N) is 2. The van der Waals surface area contributed by atoms with E-state index in [4.69, 9.17) is 23.7 Å². The van der Waals surface area contributed by atoms with E-state index in [0.29, 0.717) is 66.1 Å². The van der Waals surface area contributed by atoms with Crippen LogP contribution in [0.5, 0.6) is 0 Å². The Kier molecular flexibility index (Phi) is 11.4. The minimum Gasteiger partial charge on any atom is -0.378 e. The summed E-state index contributed by atoms with van der Waals surface area (Å²) in [4.78, 5) is 6.69. The van der Waals surface area contributed by atoms with Crippen LogP contribution in [-0.4, -0.2) is 89.0 Å². The lowest BCUT2D eigenvalue weighted by Gasteiger charge is -2.22. The van der Waals surface area contributed by atoms with Gasteiger partial charge in [0, 0.05) is 25.8 Å². The van der Waals surface area contributed by atoms with E-state index >= 15 is 0 Å². The standard InChI is InChI=1S/C18H30N2O5/c1-2-4-19-18(3-1)17-20-5-7-21-9-11-23-13-15-25-16-14-24-12-10-22-8-6-20/h1-4H,5-17H2. The maximum atomic E-state index is 5.66. The smallest absolute Gasteiger partial charge is 0.0701 e. The summed E-state index contributed by atoms with van der Waals surface area (Å²) in [5.74, 6) is 0. The summed E-state index contributed by atoms with van der Waals surface area (Å²) in [5.41, 5.74) is 1.05. The van der Waals surface area contributed by atoms with Gasteiger partial charge in [-0.1, -0.05) is 6.07 Å². The zero-order valence-electron chi connectivity index (χ0n) is 14.9. The van der Waals surface area contributed by atoms with Crippen molar-refractivity contribution in [3.05, 3.63) is 30.1 Å². The van der Waals surface area contributed by atoms with E-state index in [1.807, 2.05) is 24.4 Å². The zero-order valence-corrected chi connectivity index (χ0v) is 14.9. The van der Waals surface area contributed by atoms with E-state index in [2.05, 4.69) is 9.88 Å². The monoisotopic (exact) mass is 354 g/mol. The Balaban J connectivity index is 1.73. The highest BCUT2D eigenvalue weighted by atomic mass is 16.6. The number of rotatable bonds is 2. The molecule has 0 amide bonds. The van der Waals surface area contributed by atoms with E-state index in [1.165, 1.54) is 0 Å². The summed E-state index contributed by atoms with van der Waals surface area (Å²) < 4.78 is 27.7. The normalized spacial score (nSPS) is 21.3. The van der Waals surface area contributed by atoms with Gasteiger partial charge in [-0.25, -0.2) is 0 Å². The molecule has 7 heteroatoms. The molecule has 1 aliphatic rings. The molecule has 25 heavy (non-hydrogen) atoms. The first kappa shape index (κ1) is 20.2. The average Bonchev–Trinajstić information content (AvgIpc) is 2.64. The molecule has 7 nitrogen and oxygen atoms in total. The summed E-state index contributed by atoms with van der Waals surface area (Å²) >= 11 is 0. The number of aromatic nitrogens is 1. The van der Waals surface area contributed by atoms with Crippen LogP contribution in [0, 0.1) is 0 Å². The molecule has 0 unspecified atom stereocenters. The fraction of sp³-hybridized carbons (Fsp3) is 0.722. The van der Waals surface area contributed by atoms with Crippen LogP contribution in [0.25, 0.3) is 0 Å². The molecular weight excluding hydrogens is 324 g/mol. The van der Waals surface area contributed by atoms with Crippen molar-refractivity contribution in [2.24, 2.45) is 0 Å². The lowest BCUT2D eigenvalue weighted by molar-refractivity contribution is -0.0190. The van der Waals surface area contributed by atoms with Gasteiger partial charge < -0.3 is 23.7 Å². The topological polar surface area (TPSA) is 62.3 Å². The van der Waals surface area contributed by atoms with Crippen molar-refractivity contribution in [1.82, 2.24) is 9.88 Å². The van der Waals surface area contributed by atoms with E-state index in [1.54, 1.807) is 0 Å². The lowest BCUT2D eigenvalue weighted by Crippen LogP contribution is -2.31. The summed E-state index contributed by atoms with van der Waals surface area (Å²) in [5, 5.41) is 0. The van der Waals surface area contributed by atoms with Gasteiger partial charge in [0.15, 0.2) is 0 Å². The van der Waals surface area contributed by atoms with E-state index in [9.17, 15) is 0 Å². The van der Waals surface area contributed by atoms with Crippen molar-refractivity contribution >= 4 is 0 Å². The van der Waals surface area contributed by atoms with Gasteiger partial charge in [-0.05, 0) is 12.1 Å². The molecule has 1 fully saturated rings. The molecule has 0 bridgehead atoms. The molecule has 0 radical (unpaired) electrons. The first-order valence-corrected chi connectivity index (χ1v) is 8.96. The van der Waals surface area contributed by atoms with Gasteiger partial charge in [-0.2, -0.15) is 0 Å². The van der Waals surface area contributed by atoms with E-state index in [0.717, 1.165) is 25.3 Å². The van der Waals surface area contributed by atoms with Crippen LogP contribution in [-0.2, 0) is 30.2 Å². The number of hydrogen-bond donors (Lipinski definition) is 0. The van der Waals surface area contributed by atoms with Gasteiger partial charge in [0.05, 0.1) is 71.8 Å². The molecule has 0 atom stereocenters. The van der Waals surface area contributed by atoms with Crippen LogP contribution >= 0.6 is 0 Å². The second-order valence-electron chi connectivity index (χ2n) is 5.66. The van der Waals surface area contributed by atoms with Crippen LogP contribution < -0.4 is 0 Å². The molecule has 1 saturated heterocycles. The van der Waals surface area contributed by atoms with Crippen LogP contribution in [0.1, 0.15) is 5.69 Å². The maximum Gasteiger partial charge on any atom is 0.0701 e. The van der Waals surface area contributed by atoms with Gasteiger partial charge in [0.1, 0.15) is 0 Å². The third-order valence-corrected chi connectivity index (χ3v) is 3.70. The average molecular weight is 354 g/mol. The van der Waals surface area contributed by atoms with Crippen molar-refractivity contribution in [1.29, 1.82) is 0 Å². The maximum absolute atomic E-state index is 5.66. The summed E-state index contributed by atoms with van der Waals surface area (Å²) in [6.07, 6.45) is 1.82. The molecule has 142 valence electrons. The molecule has 1 aliphatic heterocycles. The summed E-state index contributed by atoms with van der Waals surface area (Å²) in [6.45, 7) is 8.47. The molecule has 1 aromatic rings. The first-order valence-electron chi connectivity index (χ1n) is 8.96. The molecule has 2 heterocycles. The molecule has 0 N–H and O–H groups in total. The minimum atomic E-state index is 0.581. The largest absolute Gasteiger partial charge is 0.378 e. The molecule has 2 rings (SSSR count).